The van der Waals surface area contributed by atoms with Gasteiger partial charge in [-0.3, -0.25) is 9.59 Å². The van der Waals surface area contributed by atoms with E-state index in [0.29, 0.717) is 48.7 Å². The number of carbonyl (C=O) groups excluding carboxylic acids is 3. The molecular formula is C34H34N2O5S. The first kappa shape index (κ1) is 30.3. The number of rotatable bonds is 14. The summed E-state index contributed by atoms with van der Waals surface area (Å²) in [5, 5.41) is 5.20. The summed E-state index contributed by atoms with van der Waals surface area (Å²) < 4.78 is 10.9. The van der Waals surface area contributed by atoms with Crippen LogP contribution in [0.4, 0.5) is 5.69 Å². The van der Waals surface area contributed by atoms with E-state index in [9.17, 15) is 14.4 Å². The number of ketones is 1. The molecule has 0 bridgehead atoms. The Morgan fingerprint density at radius 3 is 2.36 bits per heavy atom. The molecule has 0 aliphatic rings. The average molecular weight is 583 g/mol. The van der Waals surface area contributed by atoms with Crippen LogP contribution in [0.3, 0.4) is 0 Å². The highest BCUT2D eigenvalue weighted by atomic mass is 32.1. The Balaban J connectivity index is 1.35. The van der Waals surface area contributed by atoms with Crippen LogP contribution in [-0.2, 0) is 20.7 Å². The van der Waals surface area contributed by atoms with Crippen molar-refractivity contribution in [1.29, 1.82) is 0 Å². The molecule has 0 fully saturated rings. The van der Waals surface area contributed by atoms with E-state index in [1.807, 2.05) is 79.0 Å². The minimum Gasteiger partial charge on any atom is -0.492 e. The van der Waals surface area contributed by atoms with E-state index in [4.69, 9.17) is 9.47 Å². The second kappa shape index (κ2) is 15.3. The van der Waals surface area contributed by atoms with E-state index in [1.54, 1.807) is 52.6 Å². The van der Waals surface area contributed by atoms with Crippen molar-refractivity contribution in [2.24, 2.45) is 0 Å². The second-order valence-corrected chi connectivity index (χ2v) is 10.4. The number of hydrogen-bond donors (Lipinski definition) is 1. The molecule has 0 saturated heterocycles. The van der Waals surface area contributed by atoms with Crippen molar-refractivity contribution in [3.05, 3.63) is 124 Å². The minimum atomic E-state index is -0.710. The molecule has 216 valence electrons. The summed E-state index contributed by atoms with van der Waals surface area (Å²) in [6.07, 6.45) is 3.76. The fourth-order valence-electron chi connectivity index (χ4n) is 4.38. The first-order chi connectivity index (χ1) is 20.5. The molecule has 0 spiro atoms. The van der Waals surface area contributed by atoms with E-state index < -0.39 is 12.0 Å². The van der Waals surface area contributed by atoms with Gasteiger partial charge in [-0.1, -0.05) is 60.7 Å². The molecule has 4 aromatic rings. The lowest BCUT2D eigenvalue weighted by Gasteiger charge is -2.20. The zero-order chi connectivity index (χ0) is 29.7. The number of nitrogens with one attached hydrogen (secondary N) is 1. The van der Waals surface area contributed by atoms with E-state index in [2.05, 4.69) is 5.32 Å². The predicted molar refractivity (Wildman–Crippen MR) is 167 cm³/mol. The van der Waals surface area contributed by atoms with Crippen molar-refractivity contribution in [3.63, 3.8) is 0 Å². The number of ether oxygens (including phenoxy) is 2. The number of thiophene rings is 1. The van der Waals surface area contributed by atoms with Crippen LogP contribution < -0.4 is 10.1 Å². The highest BCUT2D eigenvalue weighted by molar-refractivity contribution is 7.10. The Bertz CT molecular complexity index is 1480. The van der Waals surface area contributed by atoms with Crippen molar-refractivity contribution in [3.8, 4) is 5.75 Å². The number of esters is 1. The standard InChI is InChI=1S/C34H34N2O5S/c1-3-36(32(37)20-19-28-12-9-23-42-28)21-22-41-27-17-15-25(16-18-27)24-31(34(39)40-2)35-30-14-8-7-13-29(30)33(38)26-10-5-4-6-11-26/h4-20,23,31,35H,3,21-22,24H2,1-2H3. The van der Waals surface area contributed by atoms with E-state index in [-0.39, 0.29) is 11.7 Å². The summed E-state index contributed by atoms with van der Waals surface area (Å²) in [6, 6.07) is 26.8. The topological polar surface area (TPSA) is 84.9 Å². The molecule has 0 aliphatic carbocycles. The summed E-state index contributed by atoms with van der Waals surface area (Å²) in [6.45, 7) is 3.33. The van der Waals surface area contributed by atoms with Gasteiger partial charge in [0.2, 0.25) is 5.91 Å². The van der Waals surface area contributed by atoms with Crippen molar-refractivity contribution in [1.82, 2.24) is 4.90 Å². The molecular weight excluding hydrogens is 548 g/mol. The highest BCUT2D eigenvalue weighted by Gasteiger charge is 2.22. The molecule has 0 radical (unpaired) electrons. The SMILES string of the molecule is CCN(CCOc1ccc(CC(Nc2ccccc2C(=O)c2ccccc2)C(=O)OC)cc1)C(=O)C=Cc1cccs1. The number of nitrogens with zero attached hydrogens (tertiary/aromatic N) is 1. The van der Waals surface area contributed by atoms with Crippen LogP contribution >= 0.6 is 11.3 Å². The lowest BCUT2D eigenvalue weighted by Crippen LogP contribution is -2.33. The number of hydrogen-bond acceptors (Lipinski definition) is 7. The maximum Gasteiger partial charge on any atom is 0.328 e. The third-order valence-electron chi connectivity index (χ3n) is 6.64. The normalized spacial score (nSPS) is 11.6. The van der Waals surface area contributed by atoms with Crippen LogP contribution in [0.5, 0.6) is 5.75 Å². The van der Waals surface area contributed by atoms with Gasteiger partial charge < -0.3 is 19.7 Å². The Labute approximate surface area is 250 Å². The maximum absolute atomic E-state index is 13.2. The zero-order valence-corrected chi connectivity index (χ0v) is 24.5. The van der Waals surface area contributed by atoms with E-state index >= 15 is 0 Å². The molecule has 7 nitrogen and oxygen atoms in total. The molecule has 0 saturated carbocycles. The van der Waals surface area contributed by atoms with Gasteiger partial charge in [0, 0.05) is 40.7 Å². The summed E-state index contributed by atoms with van der Waals surface area (Å²) in [5.41, 5.74) is 2.49. The average Bonchev–Trinajstić information content (AvgIpc) is 3.56. The Hall–Kier alpha value is -4.69. The number of methoxy groups -OCH3 is 1. The summed E-state index contributed by atoms with van der Waals surface area (Å²) in [4.78, 5) is 41.2. The number of anilines is 1. The fraction of sp³-hybridized carbons (Fsp3) is 0.206. The number of para-hydroxylation sites is 1. The van der Waals surface area contributed by atoms with Crippen LogP contribution in [0.25, 0.3) is 6.08 Å². The van der Waals surface area contributed by atoms with Crippen LogP contribution in [0.1, 0.15) is 33.3 Å². The first-order valence-electron chi connectivity index (χ1n) is 13.7. The Morgan fingerprint density at radius 1 is 0.929 bits per heavy atom. The van der Waals surface area contributed by atoms with Crippen LogP contribution in [0.2, 0.25) is 0 Å². The predicted octanol–water partition coefficient (Wildman–Crippen LogP) is 6.12. The van der Waals surface area contributed by atoms with Gasteiger partial charge in [0.05, 0.1) is 13.7 Å². The van der Waals surface area contributed by atoms with Gasteiger partial charge in [0.1, 0.15) is 18.4 Å². The first-order valence-corrected chi connectivity index (χ1v) is 14.6. The molecule has 1 amide bonds. The number of carbonyl (C=O) groups is 3. The molecule has 4 rings (SSSR count). The molecule has 1 heterocycles. The van der Waals surface area contributed by atoms with Gasteiger partial charge in [-0.15, -0.1) is 11.3 Å². The highest BCUT2D eigenvalue weighted by Crippen LogP contribution is 2.22. The lowest BCUT2D eigenvalue weighted by atomic mass is 10.00. The van der Waals surface area contributed by atoms with Gasteiger partial charge in [-0.2, -0.15) is 0 Å². The van der Waals surface area contributed by atoms with Crippen molar-refractivity contribution < 1.29 is 23.9 Å². The molecule has 0 aliphatic heterocycles. The largest absolute Gasteiger partial charge is 0.492 e. The third kappa shape index (κ3) is 8.41. The fourth-order valence-corrected chi connectivity index (χ4v) is 4.99. The monoisotopic (exact) mass is 582 g/mol. The molecule has 42 heavy (non-hydrogen) atoms. The summed E-state index contributed by atoms with van der Waals surface area (Å²) >= 11 is 1.58. The molecule has 3 aromatic carbocycles. The van der Waals surface area contributed by atoms with Crippen LogP contribution in [-0.4, -0.2) is 55.4 Å². The minimum absolute atomic E-state index is 0.0572. The number of benzene rings is 3. The van der Waals surface area contributed by atoms with E-state index in [0.717, 1.165) is 10.4 Å². The van der Waals surface area contributed by atoms with Crippen molar-refractivity contribution >= 4 is 40.8 Å². The molecule has 1 N–H and O–H groups in total. The quantitative estimate of drug-likeness (QED) is 0.110. The molecule has 1 unspecified atom stereocenters. The van der Waals surface area contributed by atoms with Gasteiger partial charge in [0.25, 0.3) is 0 Å². The van der Waals surface area contributed by atoms with Crippen molar-refractivity contribution in [2.75, 3.05) is 32.1 Å². The van der Waals surface area contributed by atoms with E-state index in [1.165, 1.54) is 7.11 Å². The third-order valence-corrected chi connectivity index (χ3v) is 7.48. The summed E-state index contributed by atoms with van der Waals surface area (Å²) in [5.74, 6) is 0.0384. The maximum atomic E-state index is 13.2. The van der Waals surface area contributed by atoms with Crippen molar-refractivity contribution in [2.45, 2.75) is 19.4 Å². The number of amides is 1. The van der Waals surface area contributed by atoms with Crippen LogP contribution in [0.15, 0.2) is 102 Å². The molecule has 1 aromatic heterocycles. The van der Waals surface area contributed by atoms with Gasteiger partial charge >= 0.3 is 5.97 Å². The van der Waals surface area contributed by atoms with Gasteiger partial charge in [-0.05, 0) is 54.3 Å². The van der Waals surface area contributed by atoms with Gasteiger partial charge in [0.15, 0.2) is 5.78 Å². The summed E-state index contributed by atoms with van der Waals surface area (Å²) in [7, 11) is 1.34. The molecule has 8 heteroatoms. The second-order valence-electron chi connectivity index (χ2n) is 9.42. The zero-order valence-electron chi connectivity index (χ0n) is 23.7. The molecule has 1 atom stereocenters. The lowest BCUT2D eigenvalue weighted by molar-refractivity contribution is -0.141. The van der Waals surface area contributed by atoms with Gasteiger partial charge in [-0.25, -0.2) is 4.79 Å². The Morgan fingerprint density at radius 2 is 1.67 bits per heavy atom. The number of likely N-dealkylation sites (N-methyl/N-ethyl adjacent to an activating group) is 1. The smallest absolute Gasteiger partial charge is 0.328 e. The van der Waals surface area contributed by atoms with Crippen LogP contribution in [0, 0.1) is 0 Å². The Kier molecular flexibility index (Phi) is 11.1.